The van der Waals surface area contributed by atoms with Crippen molar-refractivity contribution in [2.75, 3.05) is 0 Å². The molecule has 256 valence electrons. The van der Waals surface area contributed by atoms with E-state index in [-0.39, 0.29) is 17.7 Å². The highest BCUT2D eigenvalue weighted by atomic mass is 19.4. The number of carbonyl (C=O) groups is 2. The normalized spacial score (nSPS) is 12.1. The molecule has 0 aliphatic rings. The number of aromatic nitrogens is 2. The number of benzene rings is 2. The Morgan fingerprint density at radius 3 is 1.89 bits per heavy atom. The molecule has 47 heavy (non-hydrogen) atoms. The van der Waals surface area contributed by atoms with Crippen molar-refractivity contribution in [3.8, 4) is 17.1 Å². The molecule has 3 rings (SSSR count). The monoisotopic (exact) mass is 654 g/mol. The van der Waals surface area contributed by atoms with E-state index in [1.54, 1.807) is 31.2 Å². The van der Waals surface area contributed by atoms with Crippen molar-refractivity contribution in [2.45, 2.75) is 129 Å². The zero-order valence-corrected chi connectivity index (χ0v) is 28.0. The third-order valence-corrected chi connectivity index (χ3v) is 8.22. The SMILES string of the molecule is CCCCCCCCCCCc1cnc(-c2ccc(C(=O)Oc3ccc(C(=O)O[C@H](CCCCCC)C(F)(F)F)c(C)c3)cc2)nc1. The van der Waals surface area contributed by atoms with Crippen LogP contribution in [0, 0.1) is 6.92 Å². The van der Waals surface area contributed by atoms with Crippen LogP contribution >= 0.6 is 0 Å². The van der Waals surface area contributed by atoms with Gasteiger partial charge in [0.2, 0.25) is 0 Å². The lowest BCUT2D eigenvalue weighted by Crippen LogP contribution is -2.34. The molecule has 0 amide bonds. The highest BCUT2D eigenvalue weighted by Crippen LogP contribution is 2.29. The fourth-order valence-corrected chi connectivity index (χ4v) is 5.36. The van der Waals surface area contributed by atoms with Crippen LogP contribution in [0.1, 0.15) is 136 Å². The Hall–Kier alpha value is -3.75. The number of aryl methyl sites for hydroxylation is 2. The fourth-order valence-electron chi connectivity index (χ4n) is 5.36. The smallest absolute Gasteiger partial charge is 0.425 e. The first-order chi connectivity index (χ1) is 22.6. The maximum absolute atomic E-state index is 13.5. The maximum atomic E-state index is 13.5. The van der Waals surface area contributed by atoms with Crippen molar-refractivity contribution in [1.29, 1.82) is 0 Å². The summed E-state index contributed by atoms with van der Waals surface area (Å²) >= 11 is 0. The predicted molar refractivity (Wildman–Crippen MR) is 179 cm³/mol. The van der Waals surface area contributed by atoms with Gasteiger partial charge in [0.15, 0.2) is 11.9 Å². The van der Waals surface area contributed by atoms with E-state index < -0.39 is 24.2 Å². The molecule has 6 nitrogen and oxygen atoms in total. The summed E-state index contributed by atoms with van der Waals surface area (Å²) in [5.74, 6) is -0.959. The number of alkyl halides is 3. The zero-order valence-electron chi connectivity index (χ0n) is 28.0. The van der Waals surface area contributed by atoms with Gasteiger partial charge < -0.3 is 9.47 Å². The zero-order chi connectivity index (χ0) is 34.1. The van der Waals surface area contributed by atoms with Gasteiger partial charge in [0.1, 0.15) is 5.75 Å². The van der Waals surface area contributed by atoms with E-state index >= 15 is 0 Å². The molecule has 0 N–H and O–H groups in total. The van der Waals surface area contributed by atoms with Crippen LogP contribution in [0.2, 0.25) is 0 Å². The van der Waals surface area contributed by atoms with E-state index in [2.05, 4.69) is 16.9 Å². The van der Waals surface area contributed by atoms with Gasteiger partial charge >= 0.3 is 18.1 Å². The first-order valence-corrected chi connectivity index (χ1v) is 17.1. The Kier molecular flexibility index (Phi) is 15.9. The van der Waals surface area contributed by atoms with Gasteiger partial charge in [-0.1, -0.05) is 96.6 Å². The highest BCUT2D eigenvalue weighted by molar-refractivity contribution is 5.93. The van der Waals surface area contributed by atoms with Gasteiger partial charge in [-0.05, 0) is 74.1 Å². The fraction of sp³-hybridized carbons (Fsp3) is 0.526. The molecule has 0 aliphatic heterocycles. The number of rotatable bonds is 20. The van der Waals surface area contributed by atoms with Crippen molar-refractivity contribution >= 4 is 11.9 Å². The summed E-state index contributed by atoms with van der Waals surface area (Å²) in [5, 5.41) is 0. The lowest BCUT2D eigenvalue weighted by atomic mass is 10.1. The number of ether oxygens (including phenoxy) is 2. The first-order valence-electron chi connectivity index (χ1n) is 17.1. The number of halogens is 3. The van der Waals surface area contributed by atoms with Gasteiger partial charge in [0.25, 0.3) is 0 Å². The van der Waals surface area contributed by atoms with E-state index in [0.29, 0.717) is 29.8 Å². The van der Waals surface area contributed by atoms with Gasteiger partial charge in [-0.25, -0.2) is 19.6 Å². The molecular weight excluding hydrogens is 605 g/mol. The molecule has 2 aromatic carbocycles. The standard InChI is InChI=1S/C38H49F3N2O4/c1-4-6-8-10-11-12-13-14-15-17-29-26-42-35(43-27-29)30-19-21-31(22-20-30)36(44)46-32-23-24-33(28(3)25-32)37(45)47-34(38(39,40)41)18-16-9-7-5-2/h19-27,34H,4-18H2,1-3H3/t34-/m1/s1. The van der Waals surface area contributed by atoms with Crippen LogP contribution in [-0.4, -0.2) is 34.2 Å². The van der Waals surface area contributed by atoms with Crippen LogP contribution in [0.4, 0.5) is 13.2 Å². The van der Waals surface area contributed by atoms with Crippen molar-refractivity contribution in [3.05, 3.63) is 77.1 Å². The number of hydrogen-bond donors (Lipinski definition) is 0. The third-order valence-electron chi connectivity index (χ3n) is 8.22. The maximum Gasteiger partial charge on any atom is 0.425 e. The summed E-state index contributed by atoms with van der Waals surface area (Å²) in [6, 6.07) is 10.8. The molecule has 9 heteroatoms. The minimum absolute atomic E-state index is 0.0175. The van der Waals surface area contributed by atoms with E-state index in [9.17, 15) is 22.8 Å². The largest absolute Gasteiger partial charge is 0.449 e. The number of carbonyl (C=O) groups excluding carboxylic acids is 2. The predicted octanol–water partition coefficient (Wildman–Crippen LogP) is 10.8. The average molecular weight is 655 g/mol. The number of esters is 2. The lowest BCUT2D eigenvalue weighted by Gasteiger charge is -2.21. The molecule has 1 heterocycles. The van der Waals surface area contributed by atoms with Gasteiger partial charge in [0, 0.05) is 18.0 Å². The van der Waals surface area contributed by atoms with Crippen molar-refractivity contribution < 1.29 is 32.2 Å². The molecule has 0 fully saturated rings. The Bertz CT molecular complexity index is 1380. The second-order valence-corrected chi connectivity index (χ2v) is 12.2. The summed E-state index contributed by atoms with van der Waals surface area (Å²) in [5.41, 5.74) is 2.48. The Morgan fingerprint density at radius 1 is 0.745 bits per heavy atom. The van der Waals surface area contributed by atoms with E-state index in [1.807, 2.05) is 19.3 Å². The number of unbranched alkanes of at least 4 members (excludes halogenated alkanes) is 11. The summed E-state index contributed by atoms with van der Waals surface area (Å²) in [6.45, 7) is 5.76. The van der Waals surface area contributed by atoms with Crippen molar-refractivity contribution in [3.63, 3.8) is 0 Å². The molecule has 1 aromatic heterocycles. The van der Waals surface area contributed by atoms with Crippen molar-refractivity contribution in [1.82, 2.24) is 9.97 Å². The summed E-state index contributed by atoms with van der Waals surface area (Å²) in [7, 11) is 0. The quantitative estimate of drug-likeness (QED) is 0.0685. The lowest BCUT2D eigenvalue weighted by molar-refractivity contribution is -0.206. The van der Waals surface area contributed by atoms with Gasteiger partial charge in [0.05, 0.1) is 11.1 Å². The summed E-state index contributed by atoms with van der Waals surface area (Å²) in [6.07, 6.45) is 11.8. The Balaban J connectivity index is 1.49. The Morgan fingerprint density at radius 2 is 1.32 bits per heavy atom. The molecule has 0 unspecified atom stereocenters. The second kappa shape index (κ2) is 19.8. The van der Waals surface area contributed by atoms with Crippen LogP contribution in [0.15, 0.2) is 54.9 Å². The van der Waals surface area contributed by atoms with E-state index in [4.69, 9.17) is 9.47 Å². The second-order valence-electron chi connectivity index (χ2n) is 12.2. The summed E-state index contributed by atoms with van der Waals surface area (Å²) < 4.78 is 50.8. The van der Waals surface area contributed by atoms with Crippen LogP contribution in [0.3, 0.4) is 0 Å². The Labute approximate surface area is 277 Å². The van der Waals surface area contributed by atoms with E-state index in [1.165, 1.54) is 69.6 Å². The molecule has 0 aliphatic carbocycles. The van der Waals surface area contributed by atoms with Gasteiger partial charge in [-0.2, -0.15) is 13.2 Å². The molecule has 3 aromatic rings. The number of hydrogen-bond acceptors (Lipinski definition) is 6. The van der Waals surface area contributed by atoms with Crippen molar-refractivity contribution in [2.24, 2.45) is 0 Å². The van der Waals surface area contributed by atoms with E-state index in [0.717, 1.165) is 36.8 Å². The highest BCUT2D eigenvalue weighted by Gasteiger charge is 2.42. The molecule has 0 radical (unpaired) electrons. The molecule has 0 saturated heterocycles. The van der Waals surface area contributed by atoms with Crippen LogP contribution < -0.4 is 4.74 Å². The minimum Gasteiger partial charge on any atom is -0.449 e. The van der Waals surface area contributed by atoms with Gasteiger partial charge in [-0.3, -0.25) is 0 Å². The average Bonchev–Trinajstić information content (AvgIpc) is 3.05. The molecule has 1 atom stereocenters. The summed E-state index contributed by atoms with van der Waals surface area (Å²) in [4.78, 5) is 34.4. The number of nitrogens with zero attached hydrogens (tertiary/aromatic N) is 2. The minimum atomic E-state index is -4.65. The molecule has 0 saturated carbocycles. The van der Waals surface area contributed by atoms with Crippen LogP contribution in [0.25, 0.3) is 11.4 Å². The molecular formula is C38H49F3N2O4. The molecule has 0 bridgehead atoms. The topological polar surface area (TPSA) is 78.4 Å². The van der Waals surface area contributed by atoms with Crippen LogP contribution in [-0.2, 0) is 11.2 Å². The van der Waals surface area contributed by atoms with Gasteiger partial charge in [-0.15, -0.1) is 0 Å². The first kappa shape index (κ1) is 37.7. The van der Waals surface area contributed by atoms with Crippen LogP contribution in [0.5, 0.6) is 5.75 Å². The third kappa shape index (κ3) is 13.1. The molecule has 0 spiro atoms.